The molecule has 0 radical (unpaired) electrons. The van der Waals surface area contributed by atoms with Gasteiger partial charge in [0.15, 0.2) is 5.82 Å². The molecule has 0 spiro atoms. The van der Waals surface area contributed by atoms with Crippen molar-refractivity contribution in [2.45, 2.75) is 12.7 Å². The molecule has 0 saturated carbocycles. The van der Waals surface area contributed by atoms with Crippen molar-refractivity contribution in [3.8, 4) is 17.1 Å². The number of rotatable bonds is 5. The van der Waals surface area contributed by atoms with Crippen molar-refractivity contribution in [3.05, 3.63) is 72.3 Å². The van der Waals surface area contributed by atoms with Crippen LogP contribution >= 0.6 is 0 Å². The summed E-state index contributed by atoms with van der Waals surface area (Å²) in [4.78, 5) is 29.3. The fourth-order valence-corrected chi connectivity index (χ4v) is 2.59. The molecular weight excluding hydrogens is 476 g/mol. The van der Waals surface area contributed by atoms with Crippen LogP contribution in [-0.2, 0) is 11.3 Å². The lowest BCUT2D eigenvalue weighted by Gasteiger charge is -2.08. The number of hydrogen-bond donors (Lipinski definition) is 4. The van der Waals surface area contributed by atoms with Crippen LogP contribution in [0.15, 0.2) is 55.1 Å². The molecule has 0 atom stereocenters. The molecule has 4 aromatic rings. The highest BCUT2D eigenvalue weighted by Gasteiger charge is 2.38. The third kappa shape index (κ3) is 6.44. The van der Waals surface area contributed by atoms with Crippen LogP contribution in [0.25, 0.3) is 17.1 Å². The van der Waals surface area contributed by atoms with Crippen LogP contribution < -0.4 is 11.1 Å². The predicted molar refractivity (Wildman–Crippen MR) is 113 cm³/mol. The maximum atomic E-state index is 14.3. The number of carbonyl (C=O) groups is 2. The lowest BCUT2D eigenvalue weighted by Crippen LogP contribution is -2.21. The summed E-state index contributed by atoms with van der Waals surface area (Å²) in [5.41, 5.74) is 7.24. The van der Waals surface area contributed by atoms with Crippen molar-refractivity contribution in [1.82, 2.24) is 29.9 Å². The van der Waals surface area contributed by atoms with Gasteiger partial charge in [-0.1, -0.05) is 0 Å². The topological polar surface area (TPSA) is 165 Å². The fourth-order valence-electron chi connectivity index (χ4n) is 2.59. The van der Waals surface area contributed by atoms with Crippen molar-refractivity contribution in [2.75, 3.05) is 5.32 Å². The molecule has 2 aromatic heterocycles. The quantitative estimate of drug-likeness (QED) is 0.309. The highest BCUT2D eigenvalue weighted by Crippen LogP contribution is 2.20. The zero-order valence-corrected chi connectivity index (χ0v) is 17.5. The highest BCUT2D eigenvalue weighted by atomic mass is 19.4. The van der Waals surface area contributed by atoms with Gasteiger partial charge in [0.25, 0.3) is 5.91 Å². The SMILES string of the molecule is NCc1nc(-c2ccc(NC(=O)c3ccc(-n4cncn4)c(F)c3)cc2)n[nH]1.O=C(O)C(F)(F)F. The maximum Gasteiger partial charge on any atom is 0.490 e. The Morgan fingerprint density at radius 3 is 2.34 bits per heavy atom. The van der Waals surface area contributed by atoms with Crippen LogP contribution in [0.1, 0.15) is 16.2 Å². The van der Waals surface area contributed by atoms with E-state index in [1.807, 2.05) is 0 Å². The maximum absolute atomic E-state index is 14.3. The number of aliphatic carboxylic acids is 1. The molecule has 0 aliphatic rings. The number of carbonyl (C=O) groups excluding carboxylic acids is 1. The molecule has 0 bridgehead atoms. The minimum Gasteiger partial charge on any atom is -0.475 e. The van der Waals surface area contributed by atoms with E-state index in [0.717, 1.165) is 11.6 Å². The Hall–Kier alpha value is -4.66. The number of nitrogens with two attached hydrogens (primary N) is 1. The Balaban J connectivity index is 0.000000429. The summed E-state index contributed by atoms with van der Waals surface area (Å²) in [5, 5.41) is 20.5. The van der Waals surface area contributed by atoms with Crippen molar-refractivity contribution in [3.63, 3.8) is 0 Å². The summed E-state index contributed by atoms with van der Waals surface area (Å²) >= 11 is 0. The van der Waals surface area contributed by atoms with E-state index in [0.29, 0.717) is 17.3 Å². The van der Waals surface area contributed by atoms with Gasteiger partial charge < -0.3 is 16.2 Å². The minimum atomic E-state index is -5.08. The first-order chi connectivity index (χ1) is 16.6. The molecule has 0 fully saturated rings. The number of benzene rings is 2. The number of hydrogen-bond acceptors (Lipinski definition) is 7. The predicted octanol–water partition coefficient (Wildman–Crippen LogP) is 2.54. The molecule has 0 unspecified atom stereocenters. The molecule has 35 heavy (non-hydrogen) atoms. The van der Waals surface area contributed by atoms with E-state index >= 15 is 0 Å². The molecule has 1 amide bonds. The van der Waals surface area contributed by atoms with Crippen LogP contribution in [0.5, 0.6) is 0 Å². The molecule has 182 valence electrons. The minimum absolute atomic E-state index is 0.187. The molecule has 11 nitrogen and oxygen atoms in total. The van der Waals surface area contributed by atoms with Gasteiger partial charge in [-0.3, -0.25) is 9.89 Å². The van der Waals surface area contributed by atoms with Crippen molar-refractivity contribution >= 4 is 17.6 Å². The van der Waals surface area contributed by atoms with E-state index in [-0.39, 0.29) is 17.8 Å². The van der Waals surface area contributed by atoms with Gasteiger partial charge in [-0.15, -0.1) is 0 Å². The van der Waals surface area contributed by atoms with Gasteiger partial charge in [0.1, 0.15) is 30.0 Å². The number of aromatic nitrogens is 6. The largest absolute Gasteiger partial charge is 0.490 e. The second-order valence-corrected chi connectivity index (χ2v) is 6.65. The summed E-state index contributed by atoms with van der Waals surface area (Å²) in [6.07, 6.45) is -2.40. The lowest BCUT2D eigenvalue weighted by atomic mass is 10.1. The number of amides is 1. The van der Waals surface area contributed by atoms with Gasteiger partial charge in [0.2, 0.25) is 0 Å². The number of nitrogens with zero attached hydrogens (tertiary/aromatic N) is 5. The van der Waals surface area contributed by atoms with E-state index < -0.39 is 23.9 Å². The van der Waals surface area contributed by atoms with E-state index in [2.05, 4.69) is 30.6 Å². The number of aromatic amines is 1. The standard InChI is InChI=1S/C18H15FN8O.C2HF3O2/c19-14-7-12(3-6-15(14)27-10-21-9-22-27)18(28)23-13-4-1-11(2-5-13)17-24-16(8-20)25-26-17;3-2(4,5)1(6)7/h1-7,9-10H,8,20H2,(H,23,28)(H,24,25,26);(H,6,7). The molecule has 2 heterocycles. The van der Waals surface area contributed by atoms with E-state index in [9.17, 15) is 22.4 Å². The normalized spacial score (nSPS) is 10.9. The summed E-state index contributed by atoms with van der Waals surface area (Å²) in [6.45, 7) is 0.271. The number of H-pyrrole nitrogens is 1. The monoisotopic (exact) mass is 492 g/mol. The van der Waals surface area contributed by atoms with Crippen LogP contribution in [-0.4, -0.2) is 53.1 Å². The van der Waals surface area contributed by atoms with Crippen molar-refractivity contribution in [1.29, 1.82) is 0 Å². The average molecular weight is 492 g/mol. The third-order valence-electron chi connectivity index (χ3n) is 4.24. The van der Waals surface area contributed by atoms with Gasteiger partial charge >= 0.3 is 12.1 Å². The van der Waals surface area contributed by atoms with Crippen LogP contribution in [0.2, 0.25) is 0 Å². The van der Waals surface area contributed by atoms with E-state index in [1.54, 1.807) is 24.3 Å². The molecule has 15 heteroatoms. The average Bonchev–Trinajstić information content (AvgIpc) is 3.52. The Kier molecular flexibility index (Phi) is 7.50. The number of nitrogens with one attached hydrogen (secondary N) is 2. The molecule has 2 aromatic carbocycles. The van der Waals surface area contributed by atoms with Crippen LogP contribution in [0, 0.1) is 5.82 Å². The zero-order valence-electron chi connectivity index (χ0n) is 17.5. The Morgan fingerprint density at radius 2 is 1.83 bits per heavy atom. The van der Waals surface area contributed by atoms with Gasteiger partial charge in [0.05, 0.1) is 6.54 Å². The van der Waals surface area contributed by atoms with Crippen LogP contribution in [0.4, 0.5) is 23.2 Å². The van der Waals surface area contributed by atoms with Gasteiger partial charge in [-0.25, -0.2) is 23.8 Å². The van der Waals surface area contributed by atoms with Crippen LogP contribution in [0.3, 0.4) is 0 Å². The summed E-state index contributed by atoms with van der Waals surface area (Å²) in [6, 6.07) is 11.1. The number of anilines is 1. The summed E-state index contributed by atoms with van der Waals surface area (Å²) < 4.78 is 47.3. The van der Waals surface area contributed by atoms with E-state index in [1.165, 1.54) is 29.5 Å². The number of carboxylic acid groups (broad SMARTS) is 1. The first kappa shape index (κ1) is 25.0. The molecule has 0 aliphatic heterocycles. The molecule has 5 N–H and O–H groups in total. The van der Waals surface area contributed by atoms with E-state index in [4.69, 9.17) is 15.6 Å². The smallest absolute Gasteiger partial charge is 0.475 e. The third-order valence-corrected chi connectivity index (χ3v) is 4.24. The zero-order chi connectivity index (χ0) is 25.6. The number of carboxylic acids is 1. The second-order valence-electron chi connectivity index (χ2n) is 6.65. The fraction of sp³-hybridized carbons (Fsp3) is 0.100. The number of alkyl halides is 3. The molecular formula is C20H16F4N8O3. The molecule has 4 rings (SSSR count). The second kappa shape index (κ2) is 10.5. The first-order valence-corrected chi connectivity index (χ1v) is 9.56. The summed E-state index contributed by atoms with van der Waals surface area (Å²) in [7, 11) is 0. The Morgan fingerprint density at radius 1 is 1.14 bits per heavy atom. The van der Waals surface area contributed by atoms with Gasteiger partial charge in [-0.2, -0.15) is 23.4 Å². The van der Waals surface area contributed by atoms with Gasteiger partial charge in [0, 0.05) is 16.8 Å². The number of halogens is 4. The van der Waals surface area contributed by atoms with Crippen molar-refractivity contribution < 1.29 is 32.3 Å². The summed E-state index contributed by atoms with van der Waals surface area (Å²) in [5.74, 6) is -2.66. The molecule has 0 saturated heterocycles. The molecule has 0 aliphatic carbocycles. The Bertz CT molecular complexity index is 1300. The lowest BCUT2D eigenvalue weighted by molar-refractivity contribution is -0.192. The highest BCUT2D eigenvalue weighted by molar-refractivity contribution is 6.04. The Labute approximate surface area is 193 Å². The first-order valence-electron chi connectivity index (χ1n) is 9.56. The van der Waals surface area contributed by atoms with Crippen molar-refractivity contribution in [2.24, 2.45) is 5.73 Å². The van der Waals surface area contributed by atoms with Gasteiger partial charge in [-0.05, 0) is 42.5 Å².